The maximum absolute atomic E-state index is 12.9. The molecule has 2 fully saturated rings. The second-order valence-electron chi connectivity index (χ2n) is 7.38. The summed E-state index contributed by atoms with van der Waals surface area (Å²) in [6, 6.07) is 4.12. The summed E-state index contributed by atoms with van der Waals surface area (Å²) in [6.45, 7) is 1.85. The number of nitrogens with zero attached hydrogens (tertiary/aromatic N) is 1. The number of hydrogen-bond donors (Lipinski definition) is 2. The lowest BCUT2D eigenvalue weighted by atomic mass is 9.89. The fourth-order valence-corrected chi connectivity index (χ4v) is 4.36. The molecule has 2 N–H and O–H groups in total. The summed E-state index contributed by atoms with van der Waals surface area (Å²) in [7, 11) is 0. The van der Waals surface area contributed by atoms with Crippen molar-refractivity contribution >= 4 is 41.0 Å². The average Bonchev–Trinajstić information content (AvgIpc) is 2.84. The Morgan fingerprint density at radius 1 is 1.26 bits per heavy atom. The number of benzene rings is 1. The van der Waals surface area contributed by atoms with Crippen LogP contribution in [0.3, 0.4) is 0 Å². The van der Waals surface area contributed by atoms with Gasteiger partial charge in [-0.15, -0.1) is 0 Å². The van der Waals surface area contributed by atoms with E-state index in [1.807, 2.05) is 0 Å². The van der Waals surface area contributed by atoms with Gasteiger partial charge in [0.1, 0.15) is 12.1 Å². The molecule has 6 nitrogen and oxygen atoms in total. The third kappa shape index (κ3) is 4.22. The second kappa shape index (κ2) is 8.07. The summed E-state index contributed by atoms with van der Waals surface area (Å²) in [5.41, 5.74) is -0.889. The van der Waals surface area contributed by atoms with Crippen molar-refractivity contribution in [1.29, 1.82) is 0 Å². The van der Waals surface area contributed by atoms with E-state index >= 15 is 0 Å². The number of urea groups is 1. The van der Waals surface area contributed by atoms with Crippen LogP contribution in [0.5, 0.6) is 0 Å². The topological polar surface area (TPSA) is 78.5 Å². The number of halogens is 2. The van der Waals surface area contributed by atoms with Crippen molar-refractivity contribution in [3.05, 3.63) is 33.8 Å². The zero-order valence-electron chi connectivity index (χ0n) is 15.2. The van der Waals surface area contributed by atoms with Crippen LogP contribution in [-0.4, -0.2) is 35.8 Å². The third-order valence-electron chi connectivity index (χ3n) is 5.36. The number of carbonyl (C=O) groups excluding carboxylic acids is 3. The first-order valence-corrected chi connectivity index (χ1v) is 9.93. The average molecular weight is 412 g/mol. The van der Waals surface area contributed by atoms with Crippen LogP contribution in [0.2, 0.25) is 10.0 Å². The van der Waals surface area contributed by atoms with Gasteiger partial charge >= 0.3 is 6.03 Å². The fraction of sp³-hybridized carbons (Fsp3) is 0.526. The van der Waals surface area contributed by atoms with E-state index in [1.54, 1.807) is 19.1 Å². The van der Waals surface area contributed by atoms with Crippen molar-refractivity contribution in [2.45, 2.75) is 44.6 Å². The Kier molecular flexibility index (Phi) is 5.96. The highest BCUT2D eigenvalue weighted by Crippen LogP contribution is 2.34. The summed E-state index contributed by atoms with van der Waals surface area (Å²) in [6.07, 6.45) is 5.84. The smallest absolute Gasteiger partial charge is 0.325 e. The Morgan fingerprint density at radius 2 is 1.96 bits per heavy atom. The number of amides is 4. The molecule has 0 radical (unpaired) electrons. The molecule has 27 heavy (non-hydrogen) atoms. The van der Waals surface area contributed by atoms with Gasteiger partial charge in [0.15, 0.2) is 0 Å². The van der Waals surface area contributed by atoms with E-state index < -0.39 is 17.5 Å². The summed E-state index contributed by atoms with van der Waals surface area (Å²) in [5, 5.41) is 6.21. The maximum atomic E-state index is 12.9. The number of rotatable bonds is 5. The molecule has 1 unspecified atom stereocenters. The molecule has 1 aromatic rings. The van der Waals surface area contributed by atoms with Crippen molar-refractivity contribution in [3.63, 3.8) is 0 Å². The fourth-order valence-electron chi connectivity index (χ4n) is 3.77. The Bertz CT molecular complexity index is 765. The van der Waals surface area contributed by atoms with E-state index in [9.17, 15) is 14.4 Å². The molecule has 1 saturated heterocycles. The van der Waals surface area contributed by atoms with Crippen LogP contribution in [-0.2, 0) is 15.1 Å². The zero-order chi connectivity index (χ0) is 19.6. The van der Waals surface area contributed by atoms with Crippen LogP contribution in [0.1, 0.15) is 44.6 Å². The molecule has 1 aliphatic heterocycles. The van der Waals surface area contributed by atoms with Crippen LogP contribution in [0.25, 0.3) is 0 Å². The van der Waals surface area contributed by atoms with Gasteiger partial charge in [-0.25, -0.2) is 4.79 Å². The standard InChI is InChI=1S/C19H23Cl2N3O3/c1-19(14-8-7-13(20)9-15(14)21)17(26)24(18(27)23-19)11-16(25)22-10-12-5-3-2-4-6-12/h7-9,12H,2-6,10-11H2,1H3,(H,22,25)(H,23,27). The molecule has 1 aliphatic carbocycles. The third-order valence-corrected chi connectivity index (χ3v) is 5.91. The Hall–Kier alpha value is -1.79. The van der Waals surface area contributed by atoms with Gasteiger partial charge in [0, 0.05) is 22.2 Å². The van der Waals surface area contributed by atoms with Crippen LogP contribution in [0, 0.1) is 5.92 Å². The molecule has 8 heteroatoms. The molecule has 3 rings (SSSR count). The minimum absolute atomic E-state index is 0.280. The molecule has 4 amide bonds. The monoisotopic (exact) mass is 411 g/mol. The Morgan fingerprint density at radius 3 is 2.63 bits per heavy atom. The Labute approximate surface area is 168 Å². The van der Waals surface area contributed by atoms with Crippen LogP contribution in [0.4, 0.5) is 4.79 Å². The molecule has 1 atom stereocenters. The van der Waals surface area contributed by atoms with E-state index in [2.05, 4.69) is 10.6 Å². The molecular formula is C19H23Cl2N3O3. The summed E-state index contributed by atoms with van der Waals surface area (Å²) in [5.74, 6) is -0.371. The molecule has 0 aromatic heterocycles. The highest BCUT2D eigenvalue weighted by molar-refractivity contribution is 6.35. The zero-order valence-corrected chi connectivity index (χ0v) is 16.7. The number of imide groups is 1. The van der Waals surface area contributed by atoms with Crippen LogP contribution >= 0.6 is 23.2 Å². The van der Waals surface area contributed by atoms with Gasteiger partial charge in [-0.2, -0.15) is 0 Å². The lowest BCUT2D eigenvalue weighted by Gasteiger charge is -2.24. The van der Waals surface area contributed by atoms with Crippen molar-refractivity contribution in [1.82, 2.24) is 15.5 Å². The van der Waals surface area contributed by atoms with Gasteiger partial charge in [-0.3, -0.25) is 14.5 Å². The first-order valence-electron chi connectivity index (χ1n) is 9.17. The van der Waals surface area contributed by atoms with E-state index in [0.29, 0.717) is 23.0 Å². The van der Waals surface area contributed by atoms with E-state index in [-0.39, 0.29) is 17.5 Å². The molecule has 1 aromatic carbocycles. The van der Waals surface area contributed by atoms with Crippen LogP contribution < -0.4 is 10.6 Å². The second-order valence-corrected chi connectivity index (χ2v) is 8.22. The SMILES string of the molecule is CC1(c2ccc(Cl)cc2Cl)NC(=O)N(CC(=O)NCC2CCCCC2)C1=O. The van der Waals surface area contributed by atoms with Crippen molar-refractivity contribution < 1.29 is 14.4 Å². The Balaban J connectivity index is 1.65. The van der Waals surface area contributed by atoms with E-state index in [1.165, 1.54) is 25.3 Å². The molecule has 2 aliphatic rings. The number of hydrogen-bond acceptors (Lipinski definition) is 3. The van der Waals surface area contributed by atoms with Gasteiger partial charge in [0.05, 0.1) is 0 Å². The summed E-state index contributed by atoms with van der Waals surface area (Å²) in [4.78, 5) is 38.4. The summed E-state index contributed by atoms with van der Waals surface area (Å²) >= 11 is 12.1. The number of nitrogens with one attached hydrogen (secondary N) is 2. The molecule has 1 saturated carbocycles. The minimum Gasteiger partial charge on any atom is -0.354 e. The summed E-state index contributed by atoms with van der Waals surface area (Å²) < 4.78 is 0. The van der Waals surface area contributed by atoms with Gasteiger partial charge < -0.3 is 10.6 Å². The largest absolute Gasteiger partial charge is 0.354 e. The highest BCUT2D eigenvalue weighted by atomic mass is 35.5. The molecule has 146 valence electrons. The predicted molar refractivity (Wildman–Crippen MR) is 104 cm³/mol. The number of carbonyl (C=O) groups is 3. The van der Waals surface area contributed by atoms with E-state index in [4.69, 9.17) is 23.2 Å². The maximum Gasteiger partial charge on any atom is 0.325 e. The minimum atomic E-state index is -1.33. The molecular weight excluding hydrogens is 389 g/mol. The van der Waals surface area contributed by atoms with Crippen molar-refractivity contribution in [2.75, 3.05) is 13.1 Å². The van der Waals surface area contributed by atoms with Gasteiger partial charge in [0.25, 0.3) is 5.91 Å². The molecule has 0 bridgehead atoms. The first-order chi connectivity index (χ1) is 12.8. The quantitative estimate of drug-likeness (QED) is 0.728. The lowest BCUT2D eigenvalue weighted by Crippen LogP contribution is -2.44. The lowest BCUT2D eigenvalue weighted by molar-refractivity contribution is -0.134. The van der Waals surface area contributed by atoms with Gasteiger partial charge in [-0.1, -0.05) is 48.5 Å². The normalized spacial score (nSPS) is 23.4. The van der Waals surface area contributed by atoms with Crippen LogP contribution in [0.15, 0.2) is 18.2 Å². The first kappa shape index (κ1) is 20.0. The van der Waals surface area contributed by atoms with Crippen molar-refractivity contribution in [3.8, 4) is 0 Å². The van der Waals surface area contributed by atoms with Gasteiger partial charge in [0.2, 0.25) is 5.91 Å². The van der Waals surface area contributed by atoms with E-state index in [0.717, 1.165) is 17.7 Å². The van der Waals surface area contributed by atoms with Crippen molar-refractivity contribution in [2.24, 2.45) is 5.92 Å². The van der Waals surface area contributed by atoms with Gasteiger partial charge in [-0.05, 0) is 37.8 Å². The highest BCUT2D eigenvalue weighted by Gasteiger charge is 2.50. The molecule has 0 spiro atoms. The molecule has 1 heterocycles. The predicted octanol–water partition coefficient (Wildman–Crippen LogP) is 3.46.